The van der Waals surface area contributed by atoms with E-state index in [9.17, 15) is 0 Å². The quantitative estimate of drug-likeness (QED) is 0.507. The minimum atomic E-state index is 0.443. The summed E-state index contributed by atoms with van der Waals surface area (Å²) >= 11 is 0. The van der Waals surface area contributed by atoms with Crippen LogP contribution in [0.3, 0.4) is 0 Å². The van der Waals surface area contributed by atoms with Crippen LogP contribution in [0.15, 0.2) is 0 Å². The topological polar surface area (TPSA) is 38.5 Å². The maximum absolute atomic E-state index is 5.64. The van der Waals surface area contributed by atoms with E-state index in [1.165, 1.54) is 0 Å². The third kappa shape index (κ3) is 1.64. The molecule has 0 radical (unpaired) electrons. The van der Waals surface area contributed by atoms with E-state index in [-0.39, 0.29) is 0 Å². The van der Waals surface area contributed by atoms with Crippen molar-refractivity contribution in [1.29, 1.82) is 0 Å². The van der Waals surface area contributed by atoms with Gasteiger partial charge in [-0.2, -0.15) is 0 Å². The Hall–Kier alpha value is -0.120. The van der Waals surface area contributed by atoms with Crippen molar-refractivity contribution in [3.8, 4) is 0 Å². The van der Waals surface area contributed by atoms with Gasteiger partial charge in [0.15, 0.2) is 0 Å². The summed E-state index contributed by atoms with van der Waals surface area (Å²) in [6, 6.07) is 0.443. The molecule has 0 aromatic rings. The predicted octanol–water partition coefficient (Wildman–Crippen LogP) is -0.0291. The predicted molar refractivity (Wildman–Crippen MR) is 35.8 cm³/mol. The van der Waals surface area contributed by atoms with Crippen LogP contribution in [0, 0.1) is 0 Å². The molecule has 9 heavy (non-hydrogen) atoms. The molecular weight excluding hydrogens is 116 g/mol. The Morgan fingerprint density at radius 2 is 2.56 bits per heavy atom. The van der Waals surface area contributed by atoms with Crippen LogP contribution >= 0.6 is 0 Å². The van der Waals surface area contributed by atoms with Gasteiger partial charge in [-0.25, -0.2) is 5.01 Å². The first-order chi connectivity index (χ1) is 4.34. The van der Waals surface area contributed by atoms with Gasteiger partial charge in [0.25, 0.3) is 0 Å². The summed E-state index contributed by atoms with van der Waals surface area (Å²) in [6.07, 6.45) is 1.08. The number of nitrogens with zero attached hydrogens (tertiary/aromatic N) is 1. The van der Waals surface area contributed by atoms with Gasteiger partial charge in [0.2, 0.25) is 0 Å². The average molecular weight is 130 g/mol. The second-order valence-corrected chi connectivity index (χ2v) is 2.37. The first-order valence-electron chi connectivity index (χ1n) is 3.43. The lowest BCUT2D eigenvalue weighted by Crippen LogP contribution is -2.49. The highest BCUT2D eigenvalue weighted by Gasteiger charge is 2.17. The second-order valence-electron chi connectivity index (χ2n) is 2.37. The lowest BCUT2D eigenvalue weighted by atomic mass is 10.2. The molecule has 1 atom stereocenters. The lowest BCUT2D eigenvalue weighted by Gasteiger charge is -2.30. The van der Waals surface area contributed by atoms with E-state index < -0.39 is 0 Å². The first-order valence-corrected chi connectivity index (χ1v) is 3.43. The van der Waals surface area contributed by atoms with Gasteiger partial charge in [-0.1, -0.05) is 6.92 Å². The molecule has 0 amide bonds. The van der Waals surface area contributed by atoms with Crippen molar-refractivity contribution >= 4 is 0 Å². The fourth-order valence-electron chi connectivity index (χ4n) is 1.02. The van der Waals surface area contributed by atoms with Gasteiger partial charge >= 0.3 is 0 Å². The van der Waals surface area contributed by atoms with Gasteiger partial charge < -0.3 is 4.74 Å². The number of ether oxygens (including phenoxy) is 1. The van der Waals surface area contributed by atoms with Gasteiger partial charge in [0.05, 0.1) is 13.2 Å². The number of morpholine rings is 1. The van der Waals surface area contributed by atoms with E-state index >= 15 is 0 Å². The summed E-state index contributed by atoms with van der Waals surface area (Å²) in [5.74, 6) is 5.64. The van der Waals surface area contributed by atoms with Gasteiger partial charge in [-0.05, 0) is 6.42 Å². The number of hydrogen-bond donors (Lipinski definition) is 1. The molecular formula is C6H14N2O. The summed E-state index contributed by atoms with van der Waals surface area (Å²) in [4.78, 5) is 0. The van der Waals surface area contributed by atoms with Crippen molar-refractivity contribution in [3.63, 3.8) is 0 Å². The molecule has 0 aliphatic carbocycles. The number of hydrogen-bond acceptors (Lipinski definition) is 3. The molecule has 0 bridgehead atoms. The molecule has 3 heteroatoms. The van der Waals surface area contributed by atoms with Gasteiger partial charge in [0, 0.05) is 12.6 Å². The summed E-state index contributed by atoms with van der Waals surface area (Å²) < 4.78 is 5.22. The standard InChI is InChI=1S/C6H14N2O/c1-2-6-5-9-4-3-8(6)7/h6H,2-5,7H2,1H3/t6-/m1/s1. The maximum Gasteiger partial charge on any atom is 0.0636 e. The minimum absolute atomic E-state index is 0.443. The third-order valence-electron chi connectivity index (χ3n) is 1.74. The normalized spacial score (nSPS) is 30.7. The fourth-order valence-corrected chi connectivity index (χ4v) is 1.02. The van der Waals surface area contributed by atoms with Crippen molar-refractivity contribution in [1.82, 2.24) is 5.01 Å². The molecule has 0 unspecified atom stereocenters. The molecule has 0 saturated carbocycles. The third-order valence-corrected chi connectivity index (χ3v) is 1.74. The van der Waals surface area contributed by atoms with Gasteiger partial charge in [0.1, 0.15) is 0 Å². The molecule has 54 valence electrons. The highest BCUT2D eigenvalue weighted by atomic mass is 16.5. The van der Waals surface area contributed by atoms with Gasteiger partial charge in [-0.3, -0.25) is 5.84 Å². The van der Waals surface area contributed by atoms with Crippen molar-refractivity contribution in [3.05, 3.63) is 0 Å². The first kappa shape index (κ1) is 6.99. The Bertz CT molecular complexity index is 87.1. The highest BCUT2D eigenvalue weighted by molar-refractivity contribution is 4.67. The smallest absolute Gasteiger partial charge is 0.0636 e. The largest absolute Gasteiger partial charge is 0.378 e. The Balaban J connectivity index is 2.30. The van der Waals surface area contributed by atoms with E-state index in [2.05, 4.69) is 6.92 Å². The zero-order chi connectivity index (χ0) is 6.69. The molecule has 0 aromatic carbocycles. The molecule has 1 aliphatic rings. The molecule has 0 aromatic heterocycles. The zero-order valence-corrected chi connectivity index (χ0v) is 5.84. The highest BCUT2D eigenvalue weighted by Crippen LogP contribution is 2.04. The number of hydrazine groups is 1. The van der Waals surface area contributed by atoms with E-state index in [1.54, 1.807) is 0 Å². The Morgan fingerprint density at radius 3 is 3.00 bits per heavy atom. The number of rotatable bonds is 1. The summed E-state index contributed by atoms with van der Waals surface area (Å²) in [5.41, 5.74) is 0. The van der Waals surface area contributed by atoms with Gasteiger partial charge in [-0.15, -0.1) is 0 Å². The monoisotopic (exact) mass is 130 g/mol. The van der Waals surface area contributed by atoms with E-state index in [1.807, 2.05) is 5.01 Å². The Morgan fingerprint density at radius 1 is 1.78 bits per heavy atom. The summed E-state index contributed by atoms with van der Waals surface area (Å²) in [6.45, 7) is 4.58. The summed E-state index contributed by atoms with van der Waals surface area (Å²) in [5, 5.41) is 1.86. The van der Waals surface area contributed by atoms with Crippen LogP contribution in [0.4, 0.5) is 0 Å². The van der Waals surface area contributed by atoms with Crippen LogP contribution in [-0.4, -0.2) is 30.8 Å². The molecule has 0 spiro atoms. The minimum Gasteiger partial charge on any atom is -0.378 e. The Labute approximate surface area is 55.7 Å². The van der Waals surface area contributed by atoms with Crippen LogP contribution in [0.25, 0.3) is 0 Å². The van der Waals surface area contributed by atoms with Crippen LogP contribution in [0.1, 0.15) is 13.3 Å². The van der Waals surface area contributed by atoms with Crippen molar-refractivity contribution in [2.45, 2.75) is 19.4 Å². The molecule has 1 aliphatic heterocycles. The molecule has 1 rings (SSSR count). The zero-order valence-electron chi connectivity index (χ0n) is 5.84. The molecule has 3 nitrogen and oxygen atoms in total. The van der Waals surface area contributed by atoms with E-state index in [0.29, 0.717) is 6.04 Å². The second kappa shape index (κ2) is 3.15. The van der Waals surface area contributed by atoms with Crippen LogP contribution in [-0.2, 0) is 4.74 Å². The van der Waals surface area contributed by atoms with Crippen molar-refractivity contribution < 1.29 is 4.74 Å². The lowest BCUT2D eigenvalue weighted by molar-refractivity contribution is -0.00901. The summed E-state index contributed by atoms with van der Waals surface area (Å²) in [7, 11) is 0. The fraction of sp³-hybridized carbons (Fsp3) is 1.00. The molecule has 2 N–H and O–H groups in total. The molecule has 1 fully saturated rings. The Kier molecular flexibility index (Phi) is 2.45. The molecule has 1 saturated heterocycles. The number of nitrogens with two attached hydrogens (primary N) is 1. The van der Waals surface area contributed by atoms with Crippen molar-refractivity contribution in [2.24, 2.45) is 5.84 Å². The van der Waals surface area contributed by atoms with Crippen molar-refractivity contribution in [2.75, 3.05) is 19.8 Å². The van der Waals surface area contributed by atoms with E-state index in [4.69, 9.17) is 10.6 Å². The van der Waals surface area contributed by atoms with Crippen LogP contribution in [0.5, 0.6) is 0 Å². The molecule has 1 heterocycles. The average Bonchev–Trinajstić information content (AvgIpc) is 1.89. The van der Waals surface area contributed by atoms with Crippen LogP contribution in [0.2, 0.25) is 0 Å². The van der Waals surface area contributed by atoms with Crippen LogP contribution < -0.4 is 5.84 Å². The van der Waals surface area contributed by atoms with E-state index in [0.717, 1.165) is 26.2 Å². The SMILES string of the molecule is CC[C@@H]1COCCN1N. The maximum atomic E-state index is 5.64.